The molecule has 1 atom stereocenters. The van der Waals surface area contributed by atoms with Crippen molar-refractivity contribution in [3.8, 4) is 0 Å². The summed E-state index contributed by atoms with van der Waals surface area (Å²) < 4.78 is 36.0. The minimum absolute atomic E-state index is 0.115. The van der Waals surface area contributed by atoms with Gasteiger partial charge in [-0.2, -0.15) is 13.2 Å². The highest BCUT2D eigenvalue weighted by atomic mass is 19.4. The summed E-state index contributed by atoms with van der Waals surface area (Å²) in [6.45, 7) is 1.60. The maximum Gasteiger partial charge on any atom is 0.392 e. The number of carboxylic acids is 1. The van der Waals surface area contributed by atoms with Crippen LogP contribution in [0.2, 0.25) is 0 Å². The first kappa shape index (κ1) is 11.3. The Morgan fingerprint density at radius 3 is 2.25 bits per heavy atom. The number of hydrogen-bond donors (Lipinski definition) is 1. The van der Waals surface area contributed by atoms with E-state index in [1.165, 1.54) is 0 Å². The maximum atomic E-state index is 12.0. The highest BCUT2D eigenvalue weighted by molar-refractivity contribution is 5.67. The smallest absolute Gasteiger partial charge is 0.392 e. The van der Waals surface area contributed by atoms with E-state index >= 15 is 0 Å². The van der Waals surface area contributed by atoms with Crippen molar-refractivity contribution in [2.75, 3.05) is 0 Å². The Bertz CT molecular complexity index is 153. The molecule has 2 nitrogen and oxygen atoms in total. The number of halogens is 3. The van der Waals surface area contributed by atoms with Crippen LogP contribution in [-0.2, 0) is 4.79 Å². The van der Waals surface area contributed by atoms with Crippen LogP contribution in [0.3, 0.4) is 0 Å². The van der Waals surface area contributed by atoms with E-state index in [-0.39, 0.29) is 6.42 Å². The lowest BCUT2D eigenvalue weighted by Gasteiger charge is -2.17. The van der Waals surface area contributed by atoms with E-state index < -0.39 is 24.5 Å². The second-order valence-electron chi connectivity index (χ2n) is 2.63. The topological polar surface area (TPSA) is 37.3 Å². The summed E-state index contributed by atoms with van der Waals surface area (Å²) in [4.78, 5) is 10.0. The molecule has 0 spiro atoms. The Balaban J connectivity index is 4.13. The Hall–Kier alpha value is -0.740. The third kappa shape index (κ3) is 4.20. The largest absolute Gasteiger partial charge is 0.481 e. The van der Waals surface area contributed by atoms with Gasteiger partial charge in [0.05, 0.1) is 12.3 Å². The summed E-state index contributed by atoms with van der Waals surface area (Å²) in [7, 11) is 0. The SMILES string of the molecule is CCCC(CC(=O)O)C(F)(F)F. The molecule has 0 aliphatic carbocycles. The molecular formula is C7H11F3O2. The number of hydrogen-bond acceptors (Lipinski definition) is 1. The predicted octanol–water partition coefficient (Wildman–Crippen LogP) is 2.44. The zero-order chi connectivity index (χ0) is 9.78. The van der Waals surface area contributed by atoms with Crippen LogP contribution in [0.1, 0.15) is 26.2 Å². The van der Waals surface area contributed by atoms with Gasteiger partial charge in [0.25, 0.3) is 0 Å². The predicted molar refractivity (Wildman–Crippen MR) is 36.7 cm³/mol. The second kappa shape index (κ2) is 4.33. The van der Waals surface area contributed by atoms with Gasteiger partial charge >= 0.3 is 12.1 Å². The second-order valence-corrected chi connectivity index (χ2v) is 2.63. The van der Waals surface area contributed by atoms with Crippen molar-refractivity contribution in [1.29, 1.82) is 0 Å². The van der Waals surface area contributed by atoms with Gasteiger partial charge in [0.2, 0.25) is 0 Å². The van der Waals surface area contributed by atoms with Gasteiger partial charge in [-0.1, -0.05) is 13.3 Å². The molecule has 0 bridgehead atoms. The Labute approximate surface area is 68.4 Å². The first-order valence-electron chi connectivity index (χ1n) is 3.66. The van der Waals surface area contributed by atoms with Crippen LogP contribution in [0.5, 0.6) is 0 Å². The van der Waals surface area contributed by atoms with Crippen molar-refractivity contribution in [1.82, 2.24) is 0 Å². The normalized spacial score (nSPS) is 14.3. The lowest BCUT2D eigenvalue weighted by Crippen LogP contribution is -2.25. The summed E-state index contributed by atoms with van der Waals surface area (Å²) in [6.07, 6.45) is -4.97. The van der Waals surface area contributed by atoms with Crippen LogP contribution in [0.25, 0.3) is 0 Å². The molecule has 0 aliphatic heterocycles. The molecule has 0 heterocycles. The highest BCUT2D eigenvalue weighted by Crippen LogP contribution is 2.32. The van der Waals surface area contributed by atoms with Gasteiger partial charge in [-0.25, -0.2) is 0 Å². The molecule has 0 fully saturated rings. The molecule has 0 aromatic heterocycles. The molecule has 0 amide bonds. The summed E-state index contributed by atoms with van der Waals surface area (Å²) in [5.74, 6) is -3.09. The Kier molecular flexibility index (Phi) is 4.06. The zero-order valence-electron chi connectivity index (χ0n) is 6.69. The van der Waals surface area contributed by atoms with Gasteiger partial charge in [0.15, 0.2) is 0 Å². The van der Waals surface area contributed by atoms with Gasteiger partial charge in [-0.15, -0.1) is 0 Å². The van der Waals surface area contributed by atoms with Crippen LogP contribution < -0.4 is 0 Å². The number of carboxylic acid groups (broad SMARTS) is 1. The lowest BCUT2D eigenvalue weighted by atomic mass is 9.99. The molecular weight excluding hydrogens is 173 g/mol. The molecule has 12 heavy (non-hydrogen) atoms. The third-order valence-corrected chi connectivity index (χ3v) is 1.52. The van der Waals surface area contributed by atoms with Crippen LogP contribution in [0.15, 0.2) is 0 Å². The van der Waals surface area contributed by atoms with Crippen molar-refractivity contribution in [3.63, 3.8) is 0 Å². The number of carbonyl (C=O) groups is 1. The van der Waals surface area contributed by atoms with Crippen molar-refractivity contribution in [2.24, 2.45) is 5.92 Å². The van der Waals surface area contributed by atoms with E-state index in [0.717, 1.165) is 0 Å². The van der Waals surface area contributed by atoms with Crippen molar-refractivity contribution < 1.29 is 23.1 Å². The van der Waals surface area contributed by atoms with Gasteiger partial charge in [0.1, 0.15) is 0 Å². The van der Waals surface area contributed by atoms with Gasteiger partial charge < -0.3 is 5.11 Å². The quantitative estimate of drug-likeness (QED) is 0.728. The third-order valence-electron chi connectivity index (χ3n) is 1.52. The first-order chi connectivity index (χ1) is 5.38. The number of rotatable bonds is 4. The van der Waals surface area contributed by atoms with E-state index in [2.05, 4.69) is 0 Å². The van der Waals surface area contributed by atoms with E-state index in [1.54, 1.807) is 6.92 Å². The lowest BCUT2D eigenvalue weighted by molar-refractivity contribution is -0.184. The molecule has 0 aromatic rings. The molecule has 0 radical (unpaired) electrons. The number of aliphatic carboxylic acids is 1. The fraction of sp³-hybridized carbons (Fsp3) is 0.857. The van der Waals surface area contributed by atoms with Crippen molar-refractivity contribution >= 4 is 5.97 Å². The average Bonchev–Trinajstić information content (AvgIpc) is 1.83. The fourth-order valence-electron chi connectivity index (χ4n) is 0.941. The van der Waals surface area contributed by atoms with Gasteiger partial charge in [0, 0.05) is 0 Å². The van der Waals surface area contributed by atoms with Gasteiger partial charge in [-0.3, -0.25) is 4.79 Å². The van der Waals surface area contributed by atoms with E-state index in [1.807, 2.05) is 0 Å². The molecule has 1 N–H and O–H groups in total. The molecule has 0 saturated heterocycles. The van der Waals surface area contributed by atoms with Crippen LogP contribution >= 0.6 is 0 Å². The fourth-order valence-corrected chi connectivity index (χ4v) is 0.941. The molecule has 72 valence electrons. The molecule has 5 heteroatoms. The Morgan fingerprint density at radius 1 is 1.50 bits per heavy atom. The number of alkyl halides is 3. The summed E-state index contributed by atoms with van der Waals surface area (Å²) in [6, 6.07) is 0. The standard InChI is InChI=1S/C7H11F3O2/c1-2-3-5(4-6(11)12)7(8,9)10/h5H,2-4H2,1H3,(H,11,12). The van der Waals surface area contributed by atoms with Crippen LogP contribution in [-0.4, -0.2) is 17.3 Å². The highest BCUT2D eigenvalue weighted by Gasteiger charge is 2.39. The monoisotopic (exact) mass is 184 g/mol. The van der Waals surface area contributed by atoms with Crippen LogP contribution in [0, 0.1) is 5.92 Å². The zero-order valence-corrected chi connectivity index (χ0v) is 6.69. The van der Waals surface area contributed by atoms with Crippen molar-refractivity contribution in [2.45, 2.75) is 32.4 Å². The molecule has 0 aliphatic rings. The summed E-state index contributed by atoms with van der Waals surface area (Å²) >= 11 is 0. The Morgan fingerprint density at radius 2 is 2.00 bits per heavy atom. The summed E-state index contributed by atoms with van der Waals surface area (Å²) in [5, 5.41) is 8.17. The van der Waals surface area contributed by atoms with E-state index in [0.29, 0.717) is 6.42 Å². The van der Waals surface area contributed by atoms with Gasteiger partial charge in [-0.05, 0) is 6.42 Å². The van der Waals surface area contributed by atoms with Crippen molar-refractivity contribution in [3.05, 3.63) is 0 Å². The maximum absolute atomic E-state index is 12.0. The molecule has 0 aromatic carbocycles. The van der Waals surface area contributed by atoms with E-state index in [9.17, 15) is 18.0 Å². The summed E-state index contributed by atoms with van der Waals surface area (Å²) in [5.41, 5.74) is 0. The molecule has 1 unspecified atom stereocenters. The van der Waals surface area contributed by atoms with E-state index in [4.69, 9.17) is 5.11 Å². The minimum atomic E-state index is -4.38. The minimum Gasteiger partial charge on any atom is -0.481 e. The van der Waals surface area contributed by atoms with Crippen LogP contribution in [0.4, 0.5) is 13.2 Å². The first-order valence-corrected chi connectivity index (χ1v) is 3.66. The molecule has 0 saturated carbocycles. The molecule has 0 rings (SSSR count). The average molecular weight is 184 g/mol.